The fourth-order valence-electron chi connectivity index (χ4n) is 5.55. The minimum Gasteiger partial charge on any atom is -0.381 e. The van der Waals surface area contributed by atoms with Crippen molar-refractivity contribution in [2.24, 2.45) is 5.41 Å². The lowest BCUT2D eigenvalue weighted by atomic mass is 9.82. The van der Waals surface area contributed by atoms with Crippen molar-refractivity contribution in [3.63, 3.8) is 0 Å². The van der Waals surface area contributed by atoms with Gasteiger partial charge in [-0.25, -0.2) is 9.97 Å². The number of anilines is 2. The second-order valence-corrected chi connectivity index (χ2v) is 11.3. The molecule has 218 valence electrons. The molecule has 0 unspecified atom stereocenters. The van der Waals surface area contributed by atoms with Crippen LogP contribution in [0.3, 0.4) is 0 Å². The van der Waals surface area contributed by atoms with Gasteiger partial charge in [0.1, 0.15) is 18.2 Å². The molecule has 0 spiro atoms. The summed E-state index contributed by atoms with van der Waals surface area (Å²) in [4.78, 5) is 9.55. The molecule has 0 radical (unpaired) electrons. The van der Waals surface area contributed by atoms with E-state index in [9.17, 15) is 5.26 Å². The first-order valence-electron chi connectivity index (χ1n) is 14.5. The number of hydrogen-bond donors (Lipinski definition) is 4. The van der Waals surface area contributed by atoms with Gasteiger partial charge in [-0.2, -0.15) is 10.5 Å². The highest BCUT2D eigenvalue weighted by atomic mass is 16.5. The number of hydrogen-bond acceptors (Lipinski definition) is 11. The van der Waals surface area contributed by atoms with Crippen LogP contribution in [0.5, 0.6) is 0 Å². The van der Waals surface area contributed by atoms with Gasteiger partial charge < -0.3 is 25.4 Å². The van der Waals surface area contributed by atoms with Crippen molar-refractivity contribution in [3.8, 4) is 17.3 Å². The Morgan fingerprint density at radius 1 is 1.17 bits per heavy atom. The summed E-state index contributed by atoms with van der Waals surface area (Å²) >= 11 is 0. The number of nitrogens with zero attached hydrogens (tertiary/aromatic N) is 6. The molecule has 3 aromatic rings. The van der Waals surface area contributed by atoms with Crippen LogP contribution in [0.2, 0.25) is 0 Å². The Balaban J connectivity index is 1.11. The maximum Gasteiger partial charge on any atom is 0.200 e. The van der Waals surface area contributed by atoms with E-state index >= 15 is 0 Å². The maximum atomic E-state index is 9.77. The van der Waals surface area contributed by atoms with E-state index in [1.54, 1.807) is 0 Å². The summed E-state index contributed by atoms with van der Waals surface area (Å²) in [5.41, 5.74) is 2.61. The molecule has 0 bridgehead atoms. The minimum absolute atomic E-state index is 0.248. The molecule has 41 heavy (non-hydrogen) atoms. The van der Waals surface area contributed by atoms with Crippen LogP contribution >= 0.6 is 0 Å². The van der Waals surface area contributed by atoms with Gasteiger partial charge in [-0.1, -0.05) is 11.3 Å². The third kappa shape index (κ3) is 7.97. The molecule has 5 rings (SSSR count). The highest BCUT2D eigenvalue weighted by Crippen LogP contribution is 2.31. The van der Waals surface area contributed by atoms with Gasteiger partial charge in [-0.15, -0.1) is 10.2 Å². The van der Waals surface area contributed by atoms with Crippen LogP contribution in [0, 0.1) is 23.7 Å². The Hall–Kier alpha value is -3.66. The molecular formula is C29H40N10O2. The Morgan fingerprint density at radius 2 is 1.98 bits per heavy atom. The van der Waals surface area contributed by atoms with Gasteiger partial charge in [0.15, 0.2) is 5.82 Å². The van der Waals surface area contributed by atoms with Crippen molar-refractivity contribution >= 4 is 11.6 Å². The first kappa shape index (κ1) is 28.9. The number of tetrazole rings is 1. The summed E-state index contributed by atoms with van der Waals surface area (Å²) < 4.78 is 11.2. The van der Waals surface area contributed by atoms with Crippen LogP contribution in [0.25, 0.3) is 11.3 Å². The highest BCUT2D eigenvalue weighted by Gasteiger charge is 2.32. The average Bonchev–Trinajstić information content (AvgIpc) is 3.52. The molecule has 1 atom stereocenters. The van der Waals surface area contributed by atoms with E-state index in [4.69, 9.17) is 14.5 Å². The second kappa shape index (κ2) is 13.8. The molecule has 2 fully saturated rings. The van der Waals surface area contributed by atoms with E-state index in [0.29, 0.717) is 50.9 Å². The van der Waals surface area contributed by atoms with E-state index in [0.717, 1.165) is 67.0 Å². The van der Waals surface area contributed by atoms with Gasteiger partial charge in [-0.05, 0) is 76.1 Å². The molecular weight excluding hydrogens is 520 g/mol. The lowest BCUT2D eigenvalue weighted by Crippen LogP contribution is -2.43. The van der Waals surface area contributed by atoms with Crippen molar-refractivity contribution in [2.45, 2.75) is 77.1 Å². The SMILES string of the molecule is Cc1cnc(NC2CCC(N[C@@H](C)COCc3nn[nH]n3)CC2)cc1-c1cccc(NCC2(C#N)CCOCC2)n1. The van der Waals surface area contributed by atoms with Crippen molar-refractivity contribution in [2.75, 3.05) is 37.0 Å². The monoisotopic (exact) mass is 560 g/mol. The fraction of sp³-hybridized carbons (Fsp3) is 0.586. The summed E-state index contributed by atoms with van der Waals surface area (Å²) in [5.74, 6) is 2.21. The van der Waals surface area contributed by atoms with Crippen LogP contribution < -0.4 is 16.0 Å². The number of aromatic nitrogens is 6. The second-order valence-electron chi connectivity index (χ2n) is 11.3. The molecule has 12 heteroatoms. The first-order chi connectivity index (χ1) is 20.0. The van der Waals surface area contributed by atoms with Gasteiger partial charge >= 0.3 is 0 Å². The smallest absolute Gasteiger partial charge is 0.200 e. The largest absolute Gasteiger partial charge is 0.381 e. The molecule has 4 heterocycles. The van der Waals surface area contributed by atoms with Crippen LogP contribution in [0.1, 0.15) is 56.8 Å². The predicted octanol–water partition coefficient (Wildman–Crippen LogP) is 3.62. The van der Waals surface area contributed by atoms with E-state index in [2.05, 4.69) is 67.5 Å². The molecule has 12 nitrogen and oxygen atoms in total. The number of nitrogens with one attached hydrogen (secondary N) is 4. The van der Waals surface area contributed by atoms with E-state index in [1.807, 2.05) is 24.4 Å². The zero-order valence-electron chi connectivity index (χ0n) is 23.9. The summed E-state index contributed by atoms with van der Waals surface area (Å²) in [6.45, 7) is 6.98. The van der Waals surface area contributed by atoms with Crippen LogP contribution in [-0.2, 0) is 16.1 Å². The lowest BCUT2D eigenvalue weighted by molar-refractivity contribution is 0.0455. The first-order valence-corrected chi connectivity index (χ1v) is 14.5. The third-order valence-electron chi connectivity index (χ3n) is 8.01. The van der Waals surface area contributed by atoms with E-state index in [1.165, 1.54) is 0 Å². The molecule has 1 saturated heterocycles. The lowest BCUT2D eigenvalue weighted by Gasteiger charge is -2.32. The summed E-state index contributed by atoms with van der Waals surface area (Å²) in [7, 11) is 0. The number of ether oxygens (including phenoxy) is 2. The normalized spacial score (nSPS) is 21.1. The topological polar surface area (TPSA) is 159 Å². The van der Waals surface area contributed by atoms with Crippen molar-refractivity contribution in [1.82, 2.24) is 35.9 Å². The zero-order chi connectivity index (χ0) is 28.5. The van der Waals surface area contributed by atoms with Crippen molar-refractivity contribution in [3.05, 3.63) is 41.9 Å². The minimum atomic E-state index is -0.407. The molecule has 1 aliphatic heterocycles. The number of aromatic amines is 1. The average molecular weight is 561 g/mol. The van der Waals surface area contributed by atoms with Crippen LogP contribution in [0.4, 0.5) is 11.6 Å². The Kier molecular flexibility index (Phi) is 9.71. The number of aryl methyl sites for hydroxylation is 1. The Morgan fingerprint density at radius 3 is 2.73 bits per heavy atom. The molecule has 1 saturated carbocycles. The maximum absolute atomic E-state index is 9.77. The summed E-state index contributed by atoms with van der Waals surface area (Å²) in [6.07, 6.45) is 7.72. The van der Waals surface area contributed by atoms with Crippen LogP contribution in [-0.4, -0.2) is 75.1 Å². The van der Waals surface area contributed by atoms with Gasteiger partial charge in [0.2, 0.25) is 0 Å². The van der Waals surface area contributed by atoms with Gasteiger partial charge in [0, 0.05) is 49.6 Å². The standard InChI is InChI=1S/C29H40N10O2/c1-20-15-31-27(34-23-8-6-22(7-9-23)33-21(2)16-41-17-28-36-38-39-37-28)14-24(20)25-4-3-5-26(35-25)32-19-29(18-30)10-12-40-13-11-29/h3-5,14-15,21-23,33H,6-13,16-17,19H2,1-2H3,(H,31,34)(H,32,35)(H,36,37,38,39)/t21-,22?,23?/m0/s1. The number of pyridine rings is 2. The molecule has 1 aliphatic carbocycles. The molecule has 4 N–H and O–H groups in total. The number of nitriles is 1. The Labute approximate surface area is 241 Å². The predicted molar refractivity (Wildman–Crippen MR) is 155 cm³/mol. The third-order valence-corrected chi connectivity index (χ3v) is 8.01. The molecule has 3 aromatic heterocycles. The Bertz CT molecular complexity index is 1280. The van der Waals surface area contributed by atoms with Crippen molar-refractivity contribution in [1.29, 1.82) is 5.26 Å². The van der Waals surface area contributed by atoms with Gasteiger partial charge in [-0.3, -0.25) is 0 Å². The molecule has 2 aliphatic rings. The van der Waals surface area contributed by atoms with Gasteiger partial charge in [0.25, 0.3) is 0 Å². The number of rotatable bonds is 12. The number of H-pyrrole nitrogens is 1. The molecule has 0 aromatic carbocycles. The van der Waals surface area contributed by atoms with Crippen molar-refractivity contribution < 1.29 is 9.47 Å². The quantitative estimate of drug-likeness (QED) is 0.256. The van der Waals surface area contributed by atoms with Crippen LogP contribution in [0.15, 0.2) is 30.5 Å². The fourth-order valence-corrected chi connectivity index (χ4v) is 5.55. The summed E-state index contributed by atoms with van der Waals surface area (Å²) in [6, 6.07) is 11.7. The molecule has 0 amide bonds. The van der Waals surface area contributed by atoms with Gasteiger partial charge in [0.05, 0.1) is 23.8 Å². The van der Waals surface area contributed by atoms with E-state index in [-0.39, 0.29) is 6.04 Å². The van der Waals surface area contributed by atoms with E-state index < -0.39 is 5.41 Å². The zero-order valence-corrected chi connectivity index (χ0v) is 23.9. The summed E-state index contributed by atoms with van der Waals surface area (Å²) in [5, 5.41) is 34.3. The highest BCUT2D eigenvalue weighted by molar-refractivity contribution is 5.68.